The number of rotatable bonds is 3. The molecule has 0 aliphatic heterocycles. The van der Waals surface area contributed by atoms with Gasteiger partial charge in [0.1, 0.15) is 6.10 Å². The van der Waals surface area contributed by atoms with Crippen molar-refractivity contribution in [1.29, 1.82) is 0 Å². The number of fused-ring (bicyclic) bond motifs is 1. The quantitative estimate of drug-likeness (QED) is 0.926. The number of nitrogens with zero attached hydrogens (tertiary/aromatic N) is 1. The summed E-state index contributed by atoms with van der Waals surface area (Å²) >= 11 is 0. The van der Waals surface area contributed by atoms with Crippen LogP contribution in [-0.2, 0) is 6.61 Å². The van der Waals surface area contributed by atoms with Crippen molar-refractivity contribution in [2.24, 2.45) is 5.92 Å². The Morgan fingerprint density at radius 3 is 2.95 bits per heavy atom. The molecule has 2 unspecified atom stereocenters. The zero-order valence-corrected chi connectivity index (χ0v) is 11.9. The third kappa shape index (κ3) is 2.78. The van der Waals surface area contributed by atoms with Crippen molar-refractivity contribution in [2.45, 2.75) is 45.3 Å². The Morgan fingerprint density at radius 1 is 1.30 bits per heavy atom. The van der Waals surface area contributed by atoms with Gasteiger partial charge in [-0.1, -0.05) is 31.5 Å². The molecule has 2 atom stereocenters. The number of aliphatic hydroxyl groups excluding tert-OH is 1. The van der Waals surface area contributed by atoms with Gasteiger partial charge in [0, 0.05) is 11.5 Å². The van der Waals surface area contributed by atoms with Crippen LogP contribution in [-0.4, -0.2) is 16.2 Å². The van der Waals surface area contributed by atoms with E-state index in [0.29, 0.717) is 5.88 Å². The fourth-order valence-corrected chi connectivity index (χ4v) is 3.07. The second-order valence-electron chi connectivity index (χ2n) is 5.81. The van der Waals surface area contributed by atoms with Crippen molar-refractivity contribution < 1.29 is 9.84 Å². The normalized spacial score (nSPS) is 22.9. The first-order valence-electron chi connectivity index (χ1n) is 7.42. The van der Waals surface area contributed by atoms with Crippen molar-refractivity contribution >= 4 is 10.9 Å². The van der Waals surface area contributed by atoms with Crippen LogP contribution in [0, 0.1) is 5.92 Å². The Kier molecular flexibility index (Phi) is 3.88. The highest BCUT2D eigenvalue weighted by Crippen LogP contribution is 2.28. The lowest BCUT2D eigenvalue weighted by atomic mass is 9.89. The molecule has 3 heteroatoms. The average Bonchev–Trinajstić information content (AvgIpc) is 2.46. The molecule has 0 saturated heterocycles. The van der Waals surface area contributed by atoms with E-state index in [-0.39, 0.29) is 12.7 Å². The highest BCUT2D eigenvalue weighted by atomic mass is 16.5. The van der Waals surface area contributed by atoms with Gasteiger partial charge in [-0.3, -0.25) is 0 Å². The number of ether oxygens (including phenoxy) is 1. The molecule has 1 heterocycles. The van der Waals surface area contributed by atoms with Gasteiger partial charge in [0.05, 0.1) is 12.1 Å². The molecule has 1 aliphatic carbocycles. The van der Waals surface area contributed by atoms with E-state index in [9.17, 15) is 5.11 Å². The fraction of sp³-hybridized carbons (Fsp3) is 0.471. The smallest absolute Gasteiger partial charge is 0.214 e. The number of para-hydroxylation sites is 1. The van der Waals surface area contributed by atoms with E-state index < -0.39 is 0 Å². The largest absolute Gasteiger partial charge is 0.474 e. The maximum Gasteiger partial charge on any atom is 0.214 e. The van der Waals surface area contributed by atoms with Gasteiger partial charge in [0.25, 0.3) is 0 Å². The fourth-order valence-electron chi connectivity index (χ4n) is 3.07. The molecule has 1 N–H and O–H groups in total. The second kappa shape index (κ2) is 5.80. The number of aromatic nitrogens is 1. The first kappa shape index (κ1) is 13.4. The van der Waals surface area contributed by atoms with Gasteiger partial charge in [-0.25, -0.2) is 4.98 Å². The lowest BCUT2D eigenvalue weighted by Crippen LogP contribution is -2.24. The summed E-state index contributed by atoms with van der Waals surface area (Å²) < 4.78 is 6.05. The van der Waals surface area contributed by atoms with Gasteiger partial charge in [-0.2, -0.15) is 0 Å². The predicted molar refractivity (Wildman–Crippen MR) is 79.7 cm³/mol. The van der Waals surface area contributed by atoms with Crippen molar-refractivity contribution in [3.63, 3.8) is 0 Å². The molecular weight excluding hydrogens is 250 g/mol. The van der Waals surface area contributed by atoms with E-state index in [1.165, 1.54) is 12.8 Å². The Hall–Kier alpha value is -1.61. The zero-order chi connectivity index (χ0) is 13.9. The molecule has 106 valence electrons. The molecule has 1 aliphatic rings. The highest BCUT2D eigenvalue weighted by Gasteiger charge is 2.21. The van der Waals surface area contributed by atoms with Gasteiger partial charge >= 0.3 is 0 Å². The van der Waals surface area contributed by atoms with Crippen LogP contribution < -0.4 is 4.74 Å². The van der Waals surface area contributed by atoms with Crippen LogP contribution in [0.25, 0.3) is 10.9 Å². The SMILES string of the molecule is CC1CCCC(Oc2cc(CO)c3ccccc3n2)C1. The summed E-state index contributed by atoms with van der Waals surface area (Å²) in [6.45, 7) is 2.29. The minimum Gasteiger partial charge on any atom is -0.474 e. The van der Waals surface area contributed by atoms with Crippen LogP contribution in [0.5, 0.6) is 5.88 Å². The molecule has 3 nitrogen and oxygen atoms in total. The molecule has 1 aromatic carbocycles. The molecule has 0 radical (unpaired) electrons. The summed E-state index contributed by atoms with van der Waals surface area (Å²) in [5.41, 5.74) is 1.77. The van der Waals surface area contributed by atoms with E-state index in [0.717, 1.165) is 35.2 Å². The average molecular weight is 271 g/mol. The summed E-state index contributed by atoms with van der Waals surface area (Å²) in [6.07, 6.45) is 4.99. The Balaban J connectivity index is 1.87. The van der Waals surface area contributed by atoms with Crippen LogP contribution >= 0.6 is 0 Å². The highest BCUT2D eigenvalue weighted by molar-refractivity contribution is 5.82. The summed E-state index contributed by atoms with van der Waals surface area (Å²) in [4.78, 5) is 4.57. The molecule has 0 spiro atoms. The minimum absolute atomic E-state index is 0.0143. The number of aliphatic hydroxyl groups is 1. The third-order valence-corrected chi connectivity index (χ3v) is 4.12. The van der Waals surface area contributed by atoms with Gasteiger partial charge in [0.15, 0.2) is 0 Å². The van der Waals surface area contributed by atoms with E-state index in [4.69, 9.17) is 4.74 Å². The van der Waals surface area contributed by atoms with Gasteiger partial charge < -0.3 is 9.84 Å². The van der Waals surface area contributed by atoms with Gasteiger partial charge in [0.2, 0.25) is 5.88 Å². The third-order valence-electron chi connectivity index (χ3n) is 4.12. The molecule has 1 saturated carbocycles. The predicted octanol–water partition coefficient (Wildman–Crippen LogP) is 3.68. The molecule has 0 bridgehead atoms. The number of pyridine rings is 1. The zero-order valence-electron chi connectivity index (χ0n) is 11.9. The van der Waals surface area contributed by atoms with Crippen LogP contribution in [0.2, 0.25) is 0 Å². The molecule has 20 heavy (non-hydrogen) atoms. The summed E-state index contributed by atoms with van der Waals surface area (Å²) in [7, 11) is 0. The first-order chi connectivity index (χ1) is 9.76. The Morgan fingerprint density at radius 2 is 2.15 bits per heavy atom. The topological polar surface area (TPSA) is 42.4 Å². The van der Waals surface area contributed by atoms with Gasteiger partial charge in [-0.15, -0.1) is 0 Å². The van der Waals surface area contributed by atoms with Crippen LogP contribution in [0.3, 0.4) is 0 Å². The monoisotopic (exact) mass is 271 g/mol. The number of hydrogen-bond donors (Lipinski definition) is 1. The van der Waals surface area contributed by atoms with Crippen LogP contribution in [0.4, 0.5) is 0 Å². The van der Waals surface area contributed by atoms with Gasteiger partial charge in [-0.05, 0) is 36.8 Å². The summed E-state index contributed by atoms with van der Waals surface area (Å²) in [5.74, 6) is 1.37. The van der Waals surface area contributed by atoms with Crippen molar-refractivity contribution in [3.05, 3.63) is 35.9 Å². The van der Waals surface area contributed by atoms with Crippen molar-refractivity contribution in [2.75, 3.05) is 0 Å². The summed E-state index contributed by atoms with van der Waals surface area (Å²) in [5, 5.41) is 10.5. The molecule has 1 aromatic heterocycles. The van der Waals surface area contributed by atoms with E-state index >= 15 is 0 Å². The summed E-state index contributed by atoms with van der Waals surface area (Å²) in [6, 6.07) is 9.75. The van der Waals surface area contributed by atoms with E-state index in [2.05, 4.69) is 11.9 Å². The maximum atomic E-state index is 9.52. The molecule has 1 fully saturated rings. The van der Waals surface area contributed by atoms with Crippen LogP contribution in [0.1, 0.15) is 38.2 Å². The molecular formula is C17H21NO2. The van der Waals surface area contributed by atoms with Crippen molar-refractivity contribution in [1.82, 2.24) is 4.98 Å². The Labute approximate surface area is 119 Å². The number of benzene rings is 1. The lowest BCUT2D eigenvalue weighted by molar-refractivity contribution is 0.124. The molecule has 0 amide bonds. The van der Waals surface area contributed by atoms with E-state index in [1.807, 2.05) is 30.3 Å². The van der Waals surface area contributed by atoms with Crippen molar-refractivity contribution in [3.8, 4) is 5.88 Å². The standard InChI is InChI=1S/C17H21NO2/c1-12-5-4-6-14(9-12)20-17-10-13(11-19)15-7-2-3-8-16(15)18-17/h2-3,7-8,10,12,14,19H,4-6,9,11H2,1H3. The lowest BCUT2D eigenvalue weighted by Gasteiger charge is -2.27. The molecule has 3 rings (SSSR count). The Bertz CT molecular complexity index is 597. The molecule has 2 aromatic rings. The number of hydrogen-bond acceptors (Lipinski definition) is 3. The maximum absolute atomic E-state index is 9.52. The first-order valence-corrected chi connectivity index (χ1v) is 7.42. The van der Waals surface area contributed by atoms with Crippen LogP contribution in [0.15, 0.2) is 30.3 Å². The van der Waals surface area contributed by atoms with E-state index in [1.54, 1.807) is 0 Å². The minimum atomic E-state index is 0.0143. The second-order valence-corrected chi connectivity index (χ2v) is 5.81.